The van der Waals surface area contributed by atoms with Crippen molar-refractivity contribution < 1.29 is 9.59 Å². The van der Waals surface area contributed by atoms with E-state index in [0.717, 1.165) is 18.4 Å². The lowest BCUT2D eigenvalue weighted by Gasteiger charge is -2.16. The zero-order valence-corrected chi connectivity index (χ0v) is 13.3. The van der Waals surface area contributed by atoms with Crippen molar-refractivity contribution in [3.05, 3.63) is 28.8 Å². The van der Waals surface area contributed by atoms with Gasteiger partial charge in [-0.15, -0.1) is 0 Å². The van der Waals surface area contributed by atoms with E-state index in [1.165, 1.54) is 19.3 Å². The quantitative estimate of drug-likeness (QED) is 0.509. The van der Waals surface area contributed by atoms with Gasteiger partial charge in [0.1, 0.15) is 0 Å². The van der Waals surface area contributed by atoms with Crippen molar-refractivity contribution in [3.8, 4) is 0 Å². The normalized spacial score (nSPS) is 15.7. The largest absolute Gasteiger partial charge is 0.329 e. The van der Waals surface area contributed by atoms with Gasteiger partial charge in [0.25, 0.3) is 0 Å². The molecule has 6 heteroatoms. The highest BCUT2D eigenvalue weighted by Gasteiger charge is 2.14. The van der Waals surface area contributed by atoms with E-state index in [4.69, 9.17) is 11.6 Å². The molecule has 2 rings (SSSR count). The second-order valence-corrected chi connectivity index (χ2v) is 5.94. The molecule has 2 amide bonds. The molecule has 1 saturated carbocycles. The smallest absolute Gasteiger partial charge is 0.318 e. The number of benzene rings is 1. The van der Waals surface area contributed by atoms with E-state index in [1.54, 1.807) is 24.4 Å². The van der Waals surface area contributed by atoms with E-state index in [9.17, 15) is 9.59 Å². The fraction of sp³-hybridized carbons (Fsp3) is 0.438. The molecule has 0 aliphatic heterocycles. The topological polar surface area (TPSA) is 70.6 Å². The number of rotatable bonds is 3. The van der Waals surface area contributed by atoms with Crippen LogP contribution < -0.4 is 10.7 Å². The van der Waals surface area contributed by atoms with Crippen molar-refractivity contribution >= 4 is 35.3 Å². The molecule has 1 fully saturated rings. The maximum atomic E-state index is 11.8. The first-order valence-electron chi connectivity index (χ1n) is 7.47. The molecule has 0 aromatic heterocycles. The lowest BCUT2D eigenvalue weighted by molar-refractivity contribution is -0.136. The number of halogens is 1. The number of hydrogen-bond donors (Lipinski definition) is 2. The molecule has 1 aromatic carbocycles. The average Bonchev–Trinajstić information content (AvgIpc) is 2.52. The Balaban J connectivity index is 1.82. The summed E-state index contributed by atoms with van der Waals surface area (Å²) in [7, 11) is 0. The van der Waals surface area contributed by atoms with Gasteiger partial charge in [0, 0.05) is 16.9 Å². The zero-order valence-electron chi connectivity index (χ0n) is 12.6. The van der Waals surface area contributed by atoms with Gasteiger partial charge in [-0.05, 0) is 43.4 Å². The fourth-order valence-electron chi connectivity index (χ4n) is 2.39. The molecule has 0 spiro atoms. The van der Waals surface area contributed by atoms with Gasteiger partial charge in [-0.1, -0.05) is 36.9 Å². The summed E-state index contributed by atoms with van der Waals surface area (Å²) in [4.78, 5) is 23.4. The molecule has 0 unspecified atom stereocenters. The van der Waals surface area contributed by atoms with E-state index >= 15 is 0 Å². The monoisotopic (exact) mass is 321 g/mol. The van der Waals surface area contributed by atoms with E-state index in [0.29, 0.717) is 16.6 Å². The molecule has 0 radical (unpaired) electrons. The lowest BCUT2D eigenvalue weighted by atomic mass is 9.90. The van der Waals surface area contributed by atoms with Gasteiger partial charge in [0.05, 0.1) is 0 Å². The number of amides is 2. The number of anilines is 1. The number of carbonyl (C=O) groups is 2. The Bertz CT molecular complexity index is 581. The van der Waals surface area contributed by atoms with E-state index in [2.05, 4.69) is 15.8 Å². The van der Waals surface area contributed by atoms with Crippen LogP contribution in [0.2, 0.25) is 5.02 Å². The number of aryl methyl sites for hydroxylation is 1. The van der Waals surface area contributed by atoms with Crippen LogP contribution in [0, 0.1) is 12.8 Å². The second kappa shape index (κ2) is 7.94. The van der Waals surface area contributed by atoms with Gasteiger partial charge in [0.2, 0.25) is 0 Å². The standard InChI is InChI=1S/C16H20ClN3O2/c1-11-7-8-13(9-14(11)17)19-15(21)16(22)20-18-10-12-5-3-2-4-6-12/h7-10,12H,2-6H2,1H3,(H,19,21)(H,20,22)/b18-10+. The Morgan fingerprint density at radius 1 is 1.23 bits per heavy atom. The first kappa shape index (κ1) is 16.5. The van der Waals surface area contributed by atoms with Gasteiger partial charge >= 0.3 is 11.8 Å². The minimum atomic E-state index is -0.788. The van der Waals surface area contributed by atoms with Gasteiger partial charge in [-0.2, -0.15) is 5.10 Å². The van der Waals surface area contributed by atoms with E-state index < -0.39 is 11.8 Å². The molecule has 0 saturated heterocycles. The van der Waals surface area contributed by atoms with E-state index in [-0.39, 0.29) is 0 Å². The maximum absolute atomic E-state index is 11.8. The molecule has 118 valence electrons. The molecule has 1 aromatic rings. The number of hydrogen-bond acceptors (Lipinski definition) is 3. The highest BCUT2D eigenvalue weighted by molar-refractivity contribution is 6.39. The summed E-state index contributed by atoms with van der Waals surface area (Å²) in [5.74, 6) is -1.16. The summed E-state index contributed by atoms with van der Waals surface area (Å²) in [6, 6.07) is 5.07. The van der Waals surface area contributed by atoms with Crippen LogP contribution in [0.3, 0.4) is 0 Å². The van der Waals surface area contributed by atoms with Crippen LogP contribution >= 0.6 is 11.6 Å². The molecule has 2 N–H and O–H groups in total. The fourth-order valence-corrected chi connectivity index (χ4v) is 2.57. The molecule has 1 aliphatic carbocycles. The van der Waals surface area contributed by atoms with Crippen molar-refractivity contribution in [2.45, 2.75) is 39.0 Å². The van der Waals surface area contributed by atoms with Crippen molar-refractivity contribution in [2.75, 3.05) is 5.32 Å². The molecule has 0 bridgehead atoms. The number of carbonyl (C=O) groups excluding carboxylic acids is 2. The Kier molecular flexibility index (Phi) is 5.95. The van der Waals surface area contributed by atoms with Crippen LogP contribution in [0.1, 0.15) is 37.7 Å². The summed E-state index contributed by atoms with van der Waals surface area (Å²) in [6.45, 7) is 1.86. The summed E-state index contributed by atoms with van der Waals surface area (Å²) < 4.78 is 0. The Morgan fingerprint density at radius 3 is 2.64 bits per heavy atom. The van der Waals surface area contributed by atoms with Gasteiger partial charge in [-0.3, -0.25) is 9.59 Å². The van der Waals surface area contributed by atoms with E-state index in [1.807, 2.05) is 6.92 Å². The number of nitrogens with zero attached hydrogens (tertiary/aromatic N) is 1. The SMILES string of the molecule is Cc1ccc(NC(=O)C(=O)N/N=C/C2CCCCC2)cc1Cl. The average molecular weight is 322 g/mol. The third-order valence-electron chi connectivity index (χ3n) is 3.74. The van der Waals surface area contributed by atoms with Crippen molar-refractivity contribution in [2.24, 2.45) is 11.0 Å². The molecular formula is C16H20ClN3O2. The number of hydrazone groups is 1. The summed E-state index contributed by atoms with van der Waals surface area (Å²) in [5, 5.41) is 6.90. The molecule has 0 heterocycles. The van der Waals surface area contributed by atoms with Crippen molar-refractivity contribution in [3.63, 3.8) is 0 Å². The van der Waals surface area contributed by atoms with Crippen LogP contribution in [0.15, 0.2) is 23.3 Å². The lowest BCUT2D eigenvalue weighted by Crippen LogP contribution is -2.32. The Labute approximate surface area is 135 Å². The van der Waals surface area contributed by atoms with Crippen LogP contribution in [-0.2, 0) is 9.59 Å². The maximum Gasteiger partial charge on any atom is 0.329 e. The van der Waals surface area contributed by atoms with Crippen LogP contribution in [0.5, 0.6) is 0 Å². The van der Waals surface area contributed by atoms with Gasteiger partial charge in [0.15, 0.2) is 0 Å². The molecular weight excluding hydrogens is 302 g/mol. The highest BCUT2D eigenvalue weighted by Crippen LogP contribution is 2.22. The molecule has 22 heavy (non-hydrogen) atoms. The summed E-state index contributed by atoms with van der Waals surface area (Å²) >= 11 is 5.97. The first-order chi connectivity index (χ1) is 10.6. The van der Waals surface area contributed by atoms with Gasteiger partial charge in [-0.25, -0.2) is 5.43 Å². The highest BCUT2D eigenvalue weighted by atomic mass is 35.5. The minimum Gasteiger partial charge on any atom is -0.318 e. The van der Waals surface area contributed by atoms with Crippen molar-refractivity contribution in [1.82, 2.24) is 5.43 Å². The van der Waals surface area contributed by atoms with Crippen molar-refractivity contribution in [1.29, 1.82) is 0 Å². The predicted octanol–water partition coefficient (Wildman–Crippen LogP) is 3.27. The zero-order chi connectivity index (χ0) is 15.9. The molecule has 5 nitrogen and oxygen atoms in total. The molecule has 0 atom stereocenters. The Hall–Kier alpha value is -1.88. The molecule has 1 aliphatic rings. The van der Waals surface area contributed by atoms with Gasteiger partial charge < -0.3 is 5.32 Å². The second-order valence-electron chi connectivity index (χ2n) is 5.54. The first-order valence-corrected chi connectivity index (χ1v) is 7.84. The minimum absolute atomic E-state index is 0.396. The third kappa shape index (κ3) is 4.84. The predicted molar refractivity (Wildman–Crippen MR) is 88.0 cm³/mol. The summed E-state index contributed by atoms with van der Waals surface area (Å²) in [5.41, 5.74) is 3.64. The van der Waals surface area contributed by atoms with Crippen LogP contribution in [0.4, 0.5) is 5.69 Å². The third-order valence-corrected chi connectivity index (χ3v) is 4.14. The number of nitrogens with one attached hydrogen (secondary N) is 2. The van der Waals surface area contributed by atoms with Crippen LogP contribution in [-0.4, -0.2) is 18.0 Å². The Morgan fingerprint density at radius 2 is 1.95 bits per heavy atom. The summed E-state index contributed by atoms with van der Waals surface area (Å²) in [6.07, 6.45) is 7.56. The van der Waals surface area contributed by atoms with Crippen LogP contribution in [0.25, 0.3) is 0 Å².